The molecule has 0 spiro atoms. The van der Waals surface area contributed by atoms with E-state index in [1.54, 1.807) is 4.90 Å². The number of hydrogen-bond donors (Lipinski definition) is 1. The molecular weight excluding hydrogens is 252 g/mol. The third kappa shape index (κ3) is 3.73. The van der Waals surface area contributed by atoms with Gasteiger partial charge in [0.15, 0.2) is 0 Å². The maximum Gasteiger partial charge on any atom is 0.227 e. The third-order valence-corrected chi connectivity index (χ3v) is 3.95. The average Bonchev–Trinajstić information content (AvgIpc) is 2.84. The number of carbonyl (C=O) groups is 1. The Balaban J connectivity index is 1.77. The van der Waals surface area contributed by atoms with Crippen LogP contribution in [0.1, 0.15) is 24.8 Å². The Morgan fingerprint density at radius 3 is 2.90 bits per heavy atom. The fourth-order valence-electron chi connectivity index (χ4n) is 2.69. The number of likely N-dealkylation sites (N-methyl/N-ethyl adjacent to an activating group) is 1. The molecule has 0 heterocycles. The van der Waals surface area contributed by atoms with Crippen molar-refractivity contribution in [2.24, 2.45) is 11.7 Å². The highest BCUT2D eigenvalue weighted by atomic mass is 16.5. The molecule has 0 aliphatic heterocycles. The Morgan fingerprint density at radius 2 is 2.25 bits per heavy atom. The summed E-state index contributed by atoms with van der Waals surface area (Å²) >= 11 is 0. The molecule has 2 atom stereocenters. The smallest absolute Gasteiger partial charge is 0.227 e. The monoisotopic (exact) mass is 276 g/mol. The van der Waals surface area contributed by atoms with Crippen LogP contribution in [-0.2, 0) is 4.79 Å². The van der Waals surface area contributed by atoms with Crippen LogP contribution in [0.4, 0.5) is 0 Å². The molecule has 2 rings (SSSR count). The first kappa shape index (κ1) is 14.9. The Labute approximate surface area is 120 Å². The molecule has 4 nitrogen and oxygen atoms in total. The molecule has 4 heteroatoms. The number of nitrogens with zero attached hydrogens (tertiary/aromatic N) is 1. The molecule has 0 saturated heterocycles. The summed E-state index contributed by atoms with van der Waals surface area (Å²) in [4.78, 5) is 14.0. The Hall–Kier alpha value is -1.55. The van der Waals surface area contributed by atoms with E-state index < -0.39 is 0 Å². The van der Waals surface area contributed by atoms with Gasteiger partial charge in [-0.15, -0.1) is 0 Å². The normalized spacial score (nSPS) is 21.8. The van der Waals surface area contributed by atoms with Crippen molar-refractivity contribution in [3.8, 4) is 5.75 Å². The first-order valence-corrected chi connectivity index (χ1v) is 7.28. The van der Waals surface area contributed by atoms with Crippen molar-refractivity contribution in [2.75, 3.05) is 20.2 Å². The zero-order valence-electron chi connectivity index (χ0n) is 12.3. The average molecular weight is 276 g/mol. The molecular formula is C16H24N2O2. The number of benzene rings is 1. The lowest BCUT2D eigenvalue weighted by Gasteiger charge is -2.23. The largest absolute Gasteiger partial charge is 0.492 e. The number of rotatable bonds is 5. The fourth-order valence-corrected chi connectivity index (χ4v) is 2.69. The van der Waals surface area contributed by atoms with Gasteiger partial charge in [-0.2, -0.15) is 0 Å². The van der Waals surface area contributed by atoms with Gasteiger partial charge in [0.25, 0.3) is 0 Å². The van der Waals surface area contributed by atoms with E-state index in [4.69, 9.17) is 10.5 Å². The summed E-state index contributed by atoms with van der Waals surface area (Å²) < 4.78 is 5.67. The molecule has 0 aromatic heterocycles. The maximum absolute atomic E-state index is 12.2. The van der Waals surface area contributed by atoms with Gasteiger partial charge in [0.1, 0.15) is 12.4 Å². The molecule has 1 saturated carbocycles. The lowest BCUT2D eigenvalue weighted by atomic mass is 10.0. The highest BCUT2D eigenvalue weighted by molar-refractivity contribution is 5.79. The van der Waals surface area contributed by atoms with E-state index in [9.17, 15) is 4.79 Å². The number of aryl methyl sites for hydroxylation is 1. The van der Waals surface area contributed by atoms with Gasteiger partial charge in [-0.1, -0.05) is 18.6 Å². The highest BCUT2D eigenvalue weighted by Gasteiger charge is 2.31. The van der Waals surface area contributed by atoms with Gasteiger partial charge in [0.05, 0.1) is 12.5 Å². The number of amides is 1. The van der Waals surface area contributed by atoms with Crippen molar-refractivity contribution in [1.29, 1.82) is 0 Å². The van der Waals surface area contributed by atoms with E-state index in [-0.39, 0.29) is 17.9 Å². The van der Waals surface area contributed by atoms with Gasteiger partial charge in [0.2, 0.25) is 5.91 Å². The minimum atomic E-state index is -0.000954. The van der Waals surface area contributed by atoms with E-state index >= 15 is 0 Å². The predicted molar refractivity (Wildman–Crippen MR) is 79.6 cm³/mol. The number of ether oxygens (including phenoxy) is 1. The van der Waals surface area contributed by atoms with Crippen LogP contribution in [0.3, 0.4) is 0 Å². The minimum absolute atomic E-state index is 0.000954. The molecule has 1 aliphatic carbocycles. The van der Waals surface area contributed by atoms with Gasteiger partial charge < -0.3 is 15.4 Å². The molecule has 1 aromatic rings. The van der Waals surface area contributed by atoms with Gasteiger partial charge in [-0.25, -0.2) is 0 Å². The Bertz CT molecular complexity index is 462. The second-order valence-electron chi connectivity index (χ2n) is 5.63. The topological polar surface area (TPSA) is 55.6 Å². The fraction of sp³-hybridized carbons (Fsp3) is 0.562. The predicted octanol–water partition coefficient (Wildman–Crippen LogP) is 1.96. The van der Waals surface area contributed by atoms with E-state index in [0.717, 1.165) is 25.0 Å². The van der Waals surface area contributed by atoms with Crippen LogP contribution < -0.4 is 10.5 Å². The van der Waals surface area contributed by atoms with Crippen LogP contribution in [-0.4, -0.2) is 37.0 Å². The first-order chi connectivity index (χ1) is 9.58. The molecule has 1 fully saturated rings. The standard InChI is InChI=1S/C16H24N2O2/c1-12-5-3-6-13(11-12)20-10-9-18(2)16(19)14-7-4-8-15(14)17/h3,5-6,11,14-15H,4,7-10,17H2,1-2H3/t14-,15-/m1/s1. The molecule has 1 amide bonds. The summed E-state index contributed by atoms with van der Waals surface area (Å²) in [5.41, 5.74) is 7.15. The second-order valence-corrected chi connectivity index (χ2v) is 5.63. The van der Waals surface area contributed by atoms with E-state index in [0.29, 0.717) is 13.2 Å². The van der Waals surface area contributed by atoms with Gasteiger partial charge >= 0.3 is 0 Å². The van der Waals surface area contributed by atoms with Crippen LogP contribution in [0.2, 0.25) is 0 Å². The van der Waals surface area contributed by atoms with Crippen LogP contribution >= 0.6 is 0 Å². The van der Waals surface area contributed by atoms with E-state index in [1.807, 2.05) is 38.2 Å². The zero-order valence-corrected chi connectivity index (χ0v) is 12.3. The summed E-state index contributed by atoms with van der Waals surface area (Å²) in [6.07, 6.45) is 2.94. The van der Waals surface area contributed by atoms with Crippen molar-refractivity contribution >= 4 is 5.91 Å². The van der Waals surface area contributed by atoms with Crippen LogP contribution in [0.5, 0.6) is 5.75 Å². The highest BCUT2D eigenvalue weighted by Crippen LogP contribution is 2.25. The minimum Gasteiger partial charge on any atom is -0.492 e. The van der Waals surface area contributed by atoms with Gasteiger partial charge in [-0.3, -0.25) is 4.79 Å². The molecule has 2 N–H and O–H groups in total. The summed E-state index contributed by atoms with van der Waals surface area (Å²) in [5.74, 6) is 1.00. The number of carbonyl (C=O) groups excluding carboxylic acids is 1. The molecule has 20 heavy (non-hydrogen) atoms. The third-order valence-electron chi connectivity index (χ3n) is 3.95. The zero-order chi connectivity index (χ0) is 14.5. The molecule has 1 aromatic carbocycles. The number of hydrogen-bond acceptors (Lipinski definition) is 3. The van der Waals surface area contributed by atoms with Crippen molar-refractivity contribution in [2.45, 2.75) is 32.2 Å². The van der Waals surface area contributed by atoms with Crippen molar-refractivity contribution < 1.29 is 9.53 Å². The lowest BCUT2D eigenvalue weighted by molar-refractivity contribution is -0.134. The quantitative estimate of drug-likeness (QED) is 0.894. The van der Waals surface area contributed by atoms with Crippen molar-refractivity contribution in [3.05, 3.63) is 29.8 Å². The summed E-state index contributed by atoms with van der Waals surface area (Å²) in [6, 6.07) is 7.96. The van der Waals surface area contributed by atoms with E-state index in [2.05, 4.69) is 0 Å². The summed E-state index contributed by atoms with van der Waals surface area (Å²) in [7, 11) is 1.83. The van der Waals surface area contributed by atoms with Gasteiger partial charge in [-0.05, 0) is 37.5 Å². The Kier molecular flexibility index (Phi) is 5.01. The number of nitrogens with two attached hydrogens (primary N) is 1. The van der Waals surface area contributed by atoms with Crippen LogP contribution in [0.15, 0.2) is 24.3 Å². The lowest BCUT2D eigenvalue weighted by Crippen LogP contribution is -2.41. The maximum atomic E-state index is 12.2. The van der Waals surface area contributed by atoms with Crippen molar-refractivity contribution in [3.63, 3.8) is 0 Å². The molecule has 110 valence electrons. The molecule has 1 aliphatic rings. The van der Waals surface area contributed by atoms with Crippen LogP contribution in [0.25, 0.3) is 0 Å². The van der Waals surface area contributed by atoms with Gasteiger partial charge in [0, 0.05) is 13.1 Å². The first-order valence-electron chi connectivity index (χ1n) is 7.28. The van der Waals surface area contributed by atoms with E-state index in [1.165, 1.54) is 5.56 Å². The molecule has 0 bridgehead atoms. The summed E-state index contributed by atoms with van der Waals surface area (Å²) in [6.45, 7) is 3.13. The second kappa shape index (κ2) is 6.75. The SMILES string of the molecule is Cc1cccc(OCCN(C)C(=O)[C@@H]2CCC[C@H]2N)c1. The van der Waals surface area contributed by atoms with Crippen molar-refractivity contribution in [1.82, 2.24) is 4.90 Å². The molecule has 0 unspecified atom stereocenters. The Morgan fingerprint density at radius 1 is 1.45 bits per heavy atom. The molecule has 0 radical (unpaired) electrons. The van der Waals surface area contributed by atoms with Crippen LogP contribution in [0, 0.1) is 12.8 Å². The summed E-state index contributed by atoms with van der Waals surface area (Å²) in [5, 5.41) is 0.